The zero-order valence-electron chi connectivity index (χ0n) is 5.25. The van der Waals surface area contributed by atoms with Crippen LogP contribution in [0.2, 0.25) is 0 Å². The molecule has 60 valence electrons. The van der Waals surface area contributed by atoms with Crippen LogP contribution in [0, 0.1) is 10.1 Å². The minimum Gasteiger partial charge on any atom is -0.312 e. The quantitative estimate of drug-likeness (QED) is 0.315. The molecular weight excluding hydrogens is 219 g/mol. The zero-order chi connectivity index (χ0) is 8.48. The monoisotopic (exact) mass is 222 g/mol. The van der Waals surface area contributed by atoms with Gasteiger partial charge in [-0.15, -0.1) is 0 Å². The van der Waals surface area contributed by atoms with E-state index in [0.717, 1.165) is 18.4 Å². The van der Waals surface area contributed by atoms with Gasteiger partial charge in [0.15, 0.2) is 0 Å². The molecule has 1 rings (SSSR count). The Bertz CT molecular complexity index is 253. The van der Waals surface area contributed by atoms with Gasteiger partial charge in [0.2, 0.25) is 0 Å². The second-order valence-corrected chi connectivity index (χ2v) is 3.15. The molecule has 0 amide bonds. The van der Waals surface area contributed by atoms with Gasteiger partial charge in [0.05, 0.1) is 4.92 Å². The summed E-state index contributed by atoms with van der Waals surface area (Å²) in [5.74, 6) is -0.540. The summed E-state index contributed by atoms with van der Waals surface area (Å²) in [6.45, 7) is 0. The van der Waals surface area contributed by atoms with E-state index in [2.05, 4.69) is 21.2 Å². The third-order valence-electron chi connectivity index (χ3n) is 1.14. The summed E-state index contributed by atoms with van der Waals surface area (Å²) in [6, 6.07) is 0. The van der Waals surface area contributed by atoms with Crippen molar-refractivity contribution < 1.29 is 9.31 Å². The van der Waals surface area contributed by atoms with E-state index in [1.54, 1.807) is 0 Å². The highest BCUT2D eigenvalue weighted by atomic mass is 79.9. The average Bonchev–Trinajstić information content (AvgIpc) is 1.95. The largest absolute Gasteiger partial charge is 0.368 e. The summed E-state index contributed by atoms with van der Waals surface area (Å²) < 4.78 is 10.7. The average molecular weight is 223 g/mol. The Kier molecular flexibility index (Phi) is 1.95. The van der Waals surface area contributed by atoms with Crippen molar-refractivity contribution in [2.45, 2.75) is 4.57 Å². The fraction of sp³-hybridized carbons (Fsp3) is 0.200. The van der Waals surface area contributed by atoms with Gasteiger partial charge >= 0.3 is 4.57 Å². The van der Waals surface area contributed by atoms with Crippen molar-refractivity contribution in [1.82, 2.24) is 5.32 Å². The van der Waals surface area contributed by atoms with E-state index >= 15 is 0 Å². The summed E-state index contributed by atoms with van der Waals surface area (Å²) in [7, 11) is 0. The van der Waals surface area contributed by atoms with E-state index in [1.807, 2.05) is 0 Å². The van der Waals surface area contributed by atoms with Crippen LogP contribution in [0.5, 0.6) is 0 Å². The zero-order valence-corrected chi connectivity index (χ0v) is 6.84. The number of rotatable bonds is 1. The number of nitrogens with one attached hydrogen (secondary N) is 1. The van der Waals surface area contributed by atoms with E-state index < -0.39 is 15.3 Å². The van der Waals surface area contributed by atoms with Crippen molar-refractivity contribution in [2.24, 2.45) is 0 Å². The summed E-state index contributed by atoms with van der Waals surface area (Å²) >= 11 is 2.78. The topological polar surface area (TPSA) is 55.2 Å². The van der Waals surface area contributed by atoms with Crippen LogP contribution in [-0.4, -0.2) is 9.50 Å². The van der Waals surface area contributed by atoms with Crippen molar-refractivity contribution in [3.63, 3.8) is 0 Å². The first-order valence-electron chi connectivity index (χ1n) is 2.70. The second-order valence-electron chi connectivity index (χ2n) is 1.94. The Morgan fingerprint density at radius 3 is 2.82 bits per heavy atom. The van der Waals surface area contributed by atoms with Crippen molar-refractivity contribution in [2.75, 3.05) is 0 Å². The molecule has 0 aromatic carbocycles. The van der Waals surface area contributed by atoms with Crippen molar-refractivity contribution >= 4 is 15.9 Å². The van der Waals surface area contributed by atoms with Gasteiger partial charge in [0.1, 0.15) is 5.83 Å². The molecule has 1 aliphatic rings. The van der Waals surface area contributed by atoms with E-state index in [4.69, 9.17) is 0 Å². The van der Waals surface area contributed by atoms with Crippen LogP contribution in [0.3, 0.4) is 0 Å². The number of halogens is 2. The number of hydrogen-bond donors (Lipinski definition) is 1. The molecule has 1 heterocycles. The van der Waals surface area contributed by atoms with Crippen LogP contribution in [0.15, 0.2) is 24.2 Å². The lowest BCUT2D eigenvalue weighted by Crippen LogP contribution is -2.42. The molecule has 0 spiro atoms. The molecule has 0 aromatic rings. The fourth-order valence-corrected chi connectivity index (χ4v) is 0.817. The van der Waals surface area contributed by atoms with Crippen LogP contribution in [-0.2, 0) is 0 Å². The number of hydrogen-bond acceptors (Lipinski definition) is 3. The molecule has 0 aromatic heterocycles. The standard InChI is InChI=1S/C5H4BrFN2O2/c6-5(9(10)11)2-1-4(7)3-8-5/h1-3,8H. The highest BCUT2D eigenvalue weighted by Gasteiger charge is 2.37. The Labute approximate surface area is 70.0 Å². The highest BCUT2D eigenvalue weighted by molar-refractivity contribution is 9.10. The van der Waals surface area contributed by atoms with E-state index in [1.165, 1.54) is 0 Å². The minimum absolute atomic E-state index is 0.540. The lowest BCUT2D eigenvalue weighted by Gasteiger charge is -2.16. The molecule has 0 fully saturated rings. The summed E-state index contributed by atoms with van der Waals surface area (Å²) in [4.78, 5) is 9.67. The van der Waals surface area contributed by atoms with Gasteiger partial charge in [-0.05, 0) is 6.08 Å². The van der Waals surface area contributed by atoms with E-state index in [-0.39, 0.29) is 0 Å². The highest BCUT2D eigenvalue weighted by Crippen LogP contribution is 2.21. The number of allylic oxidation sites excluding steroid dienone is 2. The third-order valence-corrected chi connectivity index (χ3v) is 1.92. The fourth-order valence-electron chi connectivity index (χ4n) is 0.570. The van der Waals surface area contributed by atoms with Gasteiger partial charge in [-0.2, -0.15) is 0 Å². The molecule has 1 aliphatic heterocycles. The van der Waals surface area contributed by atoms with Crippen LogP contribution in [0.1, 0.15) is 0 Å². The Morgan fingerprint density at radius 2 is 2.45 bits per heavy atom. The normalized spacial score (nSPS) is 29.1. The Morgan fingerprint density at radius 1 is 1.82 bits per heavy atom. The van der Waals surface area contributed by atoms with E-state index in [9.17, 15) is 14.5 Å². The molecule has 1 N–H and O–H groups in total. The maximum Gasteiger partial charge on any atom is 0.368 e. The molecule has 0 saturated heterocycles. The predicted octanol–water partition coefficient (Wildman–Crippen LogP) is 1.28. The van der Waals surface area contributed by atoms with Crippen LogP contribution in [0.25, 0.3) is 0 Å². The predicted molar refractivity (Wildman–Crippen MR) is 40.1 cm³/mol. The first-order chi connectivity index (χ1) is 5.04. The van der Waals surface area contributed by atoms with Gasteiger partial charge in [-0.3, -0.25) is 10.1 Å². The molecule has 0 aliphatic carbocycles. The third kappa shape index (κ3) is 1.56. The lowest BCUT2D eigenvalue weighted by molar-refractivity contribution is -0.527. The Balaban J connectivity index is 2.82. The summed E-state index contributed by atoms with van der Waals surface area (Å²) in [6.07, 6.45) is 3.04. The molecule has 4 nitrogen and oxygen atoms in total. The summed E-state index contributed by atoms with van der Waals surface area (Å²) in [5, 5.41) is 12.5. The molecule has 0 saturated carbocycles. The molecule has 0 bridgehead atoms. The lowest BCUT2D eigenvalue weighted by atomic mass is 10.3. The van der Waals surface area contributed by atoms with Crippen molar-refractivity contribution in [3.05, 3.63) is 34.3 Å². The number of nitrogens with zero attached hydrogens (tertiary/aromatic N) is 1. The number of alkyl halides is 1. The number of dihydropyridines is 1. The first kappa shape index (κ1) is 8.19. The first-order valence-corrected chi connectivity index (χ1v) is 3.50. The van der Waals surface area contributed by atoms with E-state index in [0.29, 0.717) is 0 Å². The van der Waals surface area contributed by atoms with Crippen molar-refractivity contribution in [1.29, 1.82) is 0 Å². The SMILES string of the molecule is O=[N+]([O-])C1(Br)C=CC(F)=CN1. The molecular formula is C5H4BrFN2O2. The van der Waals surface area contributed by atoms with Crippen LogP contribution in [0.4, 0.5) is 4.39 Å². The van der Waals surface area contributed by atoms with Crippen molar-refractivity contribution in [3.8, 4) is 0 Å². The smallest absolute Gasteiger partial charge is 0.312 e. The van der Waals surface area contributed by atoms with Gasteiger partial charge in [-0.25, -0.2) is 4.39 Å². The summed E-state index contributed by atoms with van der Waals surface area (Å²) in [5.41, 5.74) is 0. The van der Waals surface area contributed by atoms with Gasteiger partial charge < -0.3 is 5.32 Å². The van der Waals surface area contributed by atoms with Gasteiger partial charge in [0.25, 0.3) is 0 Å². The van der Waals surface area contributed by atoms with Gasteiger partial charge in [0, 0.05) is 28.2 Å². The molecule has 6 heteroatoms. The second kappa shape index (κ2) is 2.61. The number of nitro groups is 1. The molecule has 1 unspecified atom stereocenters. The maximum atomic E-state index is 12.3. The van der Waals surface area contributed by atoms with Crippen LogP contribution < -0.4 is 5.32 Å². The Hall–Kier alpha value is -0.910. The van der Waals surface area contributed by atoms with Gasteiger partial charge in [-0.1, -0.05) is 0 Å². The molecule has 0 radical (unpaired) electrons. The molecule has 1 atom stereocenters. The van der Waals surface area contributed by atoms with Crippen LogP contribution >= 0.6 is 15.9 Å². The maximum absolute atomic E-state index is 12.3. The molecule has 11 heavy (non-hydrogen) atoms. The minimum atomic E-state index is -1.55.